The summed E-state index contributed by atoms with van der Waals surface area (Å²) < 4.78 is 37.2. The highest BCUT2D eigenvalue weighted by molar-refractivity contribution is 5.28. The molecule has 1 aromatic rings. The molecule has 6 heteroatoms. The Morgan fingerprint density at radius 1 is 1.35 bits per heavy atom. The third-order valence-electron chi connectivity index (χ3n) is 2.64. The number of nitrogens with two attached hydrogens (primary N) is 1. The molecule has 1 aromatic heterocycles. The molecule has 1 heterocycles. The van der Waals surface area contributed by atoms with Gasteiger partial charge in [-0.2, -0.15) is 13.2 Å². The van der Waals surface area contributed by atoms with Crippen molar-refractivity contribution in [2.45, 2.75) is 31.6 Å². The highest BCUT2D eigenvalue weighted by Crippen LogP contribution is 2.31. The lowest BCUT2D eigenvalue weighted by molar-refractivity contribution is -0.148. The molecule has 2 N–H and O–H groups in total. The van der Waals surface area contributed by atoms with Gasteiger partial charge in [-0.05, 0) is 25.0 Å². The Morgan fingerprint density at radius 2 is 2.06 bits per heavy atom. The van der Waals surface area contributed by atoms with E-state index in [4.69, 9.17) is 5.73 Å². The second kappa shape index (κ2) is 4.52. The van der Waals surface area contributed by atoms with E-state index < -0.39 is 12.7 Å². The largest absolute Gasteiger partial charge is 0.401 e. The van der Waals surface area contributed by atoms with Gasteiger partial charge in [-0.15, -0.1) is 0 Å². The van der Waals surface area contributed by atoms with Gasteiger partial charge < -0.3 is 5.73 Å². The number of nitrogens with zero attached hydrogens (tertiary/aromatic N) is 2. The fourth-order valence-electron chi connectivity index (χ4n) is 1.78. The van der Waals surface area contributed by atoms with E-state index in [0.29, 0.717) is 11.5 Å². The third kappa shape index (κ3) is 3.89. The van der Waals surface area contributed by atoms with Gasteiger partial charge in [0.2, 0.25) is 0 Å². The van der Waals surface area contributed by atoms with Crippen LogP contribution in [0.25, 0.3) is 0 Å². The van der Waals surface area contributed by atoms with Crippen molar-refractivity contribution in [2.24, 2.45) is 0 Å². The first-order chi connectivity index (χ1) is 7.94. The summed E-state index contributed by atoms with van der Waals surface area (Å²) in [5, 5.41) is 0. The molecule has 17 heavy (non-hydrogen) atoms. The monoisotopic (exact) mass is 245 g/mol. The van der Waals surface area contributed by atoms with Gasteiger partial charge in [0.1, 0.15) is 5.82 Å². The fourth-order valence-corrected chi connectivity index (χ4v) is 1.78. The van der Waals surface area contributed by atoms with Crippen molar-refractivity contribution in [3.63, 3.8) is 0 Å². The number of hydrogen-bond acceptors (Lipinski definition) is 3. The van der Waals surface area contributed by atoms with Gasteiger partial charge in [-0.3, -0.25) is 4.90 Å². The highest BCUT2D eigenvalue weighted by atomic mass is 19.4. The molecule has 1 aliphatic carbocycles. The number of aromatic nitrogens is 1. The number of halogens is 3. The number of rotatable bonds is 4. The number of anilines is 1. The zero-order valence-electron chi connectivity index (χ0n) is 9.24. The van der Waals surface area contributed by atoms with Crippen LogP contribution in [0.15, 0.2) is 18.2 Å². The summed E-state index contributed by atoms with van der Waals surface area (Å²) in [6.07, 6.45) is -2.50. The minimum absolute atomic E-state index is 0.0415. The predicted octanol–water partition coefficient (Wildman–Crippen LogP) is 2.19. The summed E-state index contributed by atoms with van der Waals surface area (Å²) in [5.74, 6) is 0.338. The van der Waals surface area contributed by atoms with Crippen molar-refractivity contribution in [2.75, 3.05) is 12.3 Å². The van der Waals surface area contributed by atoms with Crippen LogP contribution in [0.5, 0.6) is 0 Å². The smallest absolute Gasteiger partial charge is 0.384 e. The number of pyridine rings is 1. The molecule has 1 fully saturated rings. The Kier molecular flexibility index (Phi) is 3.24. The first-order valence-electron chi connectivity index (χ1n) is 5.46. The molecule has 2 rings (SSSR count). The van der Waals surface area contributed by atoms with Crippen LogP contribution in [-0.4, -0.2) is 28.6 Å². The molecule has 1 saturated carbocycles. The molecule has 0 spiro atoms. The van der Waals surface area contributed by atoms with Crippen LogP contribution in [0.1, 0.15) is 18.5 Å². The van der Waals surface area contributed by atoms with Crippen LogP contribution < -0.4 is 5.73 Å². The van der Waals surface area contributed by atoms with Crippen molar-refractivity contribution in [1.29, 1.82) is 0 Å². The first kappa shape index (κ1) is 12.2. The predicted molar refractivity (Wildman–Crippen MR) is 58.1 cm³/mol. The minimum atomic E-state index is -4.16. The van der Waals surface area contributed by atoms with E-state index in [1.54, 1.807) is 18.2 Å². The summed E-state index contributed by atoms with van der Waals surface area (Å²) in [6.45, 7) is -0.677. The topological polar surface area (TPSA) is 42.1 Å². The van der Waals surface area contributed by atoms with Crippen molar-refractivity contribution in [1.82, 2.24) is 9.88 Å². The lowest BCUT2D eigenvalue weighted by Gasteiger charge is -2.22. The Hall–Kier alpha value is -1.30. The van der Waals surface area contributed by atoms with Gasteiger partial charge in [-0.1, -0.05) is 6.07 Å². The van der Waals surface area contributed by atoms with Gasteiger partial charge in [-0.25, -0.2) is 4.98 Å². The molecule has 94 valence electrons. The molecular formula is C11H14F3N3. The molecule has 0 saturated heterocycles. The Balaban J connectivity index is 2.02. The van der Waals surface area contributed by atoms with Gasteiger partial charge in [0.05, 0.1) is 12.2 Å². The van der Waals surface area contributed by atoms with E-state index in [-0.39, 0.29) is 12.6 Å². The van der Waals surface area contributed by atoms with Gasteiger partial charge in [0, 0.05) is 12.6 Å². The maximum Gasteiger partial charge on any atom is 0.401 e. The first-order valence-corrected chi connectivity index (χ1v) is 5.46. The average Bonchev–Trinajstić information content (AvgIpc) is 2.97. The average molecular weight is 245 g/mol. The SMILES string of the molecule is Nc1cccc(CN(CC(F)(F)F)C2CC2)n1. The zero-order valence-corrected chi connectivity index (χ0v) is 9.24. The highest BCUT2D eigenvalue weighted by Gasteiger charge is 2.38. The van der Waals surface area contributed by atoms with E-state index in [9.17, 15) is 13.2 Å². The van der Waals surface area contributed by atoms with Gasteiger partial charge in [0.25, 0.3) is 0 Å². The minimum Gasteiger partial charge on any atom is -0.384 e. The molecule has 1 aliphatic rings. The molecule has 0 aromatic carbocycles. The summed E-state index contributed by atoms with van der Waals surface area (Å²) in [6, 6.07) is 5.06. The van der Waals surface area contributed by atoms with Gasteiger partial charge >= 0.3 is 6.18 Å². The Morgan fingerprint density at radius 3 is 2.59 bits per heavy atom. The summed E-state index contributed by atoms with van der Waals surface area (Å²) in [4.78, 5) is 5.44. The molecule has 3 nitrogen and oxygen atoms in total. The van der Waals surface area contributed by atoms with Crippen LogP contribution in [-0.2, 0) is 6.54 Å². The maximum atomic E-state index is 12.4. The van der Waals surface area contributed by atoms with E-state index in [2.05, 4.69) is 4.98 Å². The second-order valence-electron chi connectivity index (χ2n) is 4.31. The molecule has 0 unspecified atom stereocenters. The van der Waals surface area contributed by atoms with Crippen LogP contribution in [0.4, 0.5) is 19.0 Å². The quantitative estimate of drug-likeness (QED) is 0.884. The van der Waals surface area contributed by atoms with Gasteiger partial charge in [0.15, 0.2) is 0 Å². The van der Waals surface area contributed by atoms with Crippen molar-refractivity contribution in [3.05, 3.63) is 23.9 Å². The molecule has 0 amide bonds. The number of nitrogen functional groups attached to an aromatic ring is 1. The normalized spacial score (nSPS) is 16.5. The maximum absolute atomic E-state index is 12.4. The lowest BCUT2D eigenvalue weighted by Crippen LogP contribution is -2.35. The second-order valence-corrected chi connectivity index (χ2v) is 4.31. The Bertz CT molecular complexity index is 388. The van der Waals surface area contributed by atoms with Crippen molar-refractivity contribution in [3.8, 4) is 0 Å². The molecular weight excluding hydrogens is 231 g/mol. The third-order valence-corrected chi connectivity index (χ3v) is 2.64. The standard InChI is InChI=1S/C11H14F3N3/c12-11(13,14)7-17(9-4-5-9)6-8-2-1-3-10(15)16-8/h1-3,9H,4-7H2,(H2,15,16). The fraction of sp³-hybridized carbons (Fsp3) is 0.545. The van der Waals surface area contributed by atoms with Crippen molar-refractivity contribution >= 4 is 5.82 Å². The molecule has 0 atom stereocenters. The van der Waals surface area contributed by atoms with E-state index in [1.165, 1.54) is 4.90 Å². The lowest BCUT2D eigenvalue weighted by atomic mass is 10.3. The Labute approximate surface area is 97.4 Å². The van der Waals surface area contributed by atoms with E-state index in [0.717, 1.165) is 12.8 Å². The van der Waals surface area contributed by atoms with Crippen molar-refractivity contribution < 1.29 is 13.2 Å². The number of hydrogen-bond donors (Lipinski definition) is 1. The van der Waals surface area contributed by atoms with E-state index in [1.807, 2.05) is 0 Å². The van der Waals surface area contributed by atoms with E-state index >= 15 is 0 Å². The number of alkyl halides is 3. The summed E-state index contributed by atoms with van der Waals surface area (Å²) in [5.41, 5.74) is 6.09. The molecule has 0 aliphatic heterocycles. The zero-order chi connectivity index (χ0) is 12.5. The summed E-state index contributed by atoms with van der Waals surface area (Å²) in [7, 11) is 0. The van der Waals surface area contributed by atoms with Crippen LogP contribution in [0.3, 0.4) is 0 Å². The summed E-state index contributed by atoms with van der Waals surface area (Å²) >= 11 is 0. The van der Waals surface area contributed by atoms with Crippen LogP contribution in [0, 0.1) is 0 Å². The van der Waals surface area contributed by atoms with Crippen LogP contribution >= 0.6 is 0 Å². The molecule has 0 radical (unpaired) electrons. The molecule has 0 bridgehead atoms. The van der Waals surface area contributed by atoms with Crippen LogP contribution in [0.2, 0.25) is 0 Å².